The molecule has 10 fully saturated rings. The van der Waals surface area contributed by atoms with Gasteiger partial charge in [0.15, 0.2) is 0 Å². The molecule has 0 spiro atoms. The Bertz CT molecular complexity index is 1110. The molecule has 6 saturated carbocycles. The average molecular weight is 609 g/mol. The monoisotopic (exact) mass is 608 g/mol. The van der Waals surface area contributed by atoms with Crippen LogP contribution in [0.5, 0.6) is 0 Å². The Hall–Kier alpha value is -0.200. The predicted octanol–water partition coefficient (Wildman–Crippen LogP) is 7.87. The van der Waals surface area contributed by atoms with Gasteiger partial charge in [-0.15, -0.1) is 0 Å². The summed E-state index contributed by atoms with van der Waals surface area (Å²) in [5.41, 5.74) is 0.0650. The molecule has 0 N–H and O–H groups in total. The van der Waals surface area contributed by atoms with E-state index in [0.29, 0.717) is 48.3 Å². The van der Waals surface area contributed by atoms with E-state index in [0.717, 1.165) is 48.5 Å². The zero-order chi connectivity index (χ0) is 29.3. The number of fused-ring (bicyclic) bond motifs is 13. The Balaban J connectivity index is 0.856. The molecule has 0 amide bonds. The van der Waals surface area contributed by atoms with Gasteiger partial charge in [-0.05, 0) is 157 Å². The van der Waals surface area contributed by atoms with Gasteiger partial charge >= 0.3 is 0 Å². The molecule has 10 rings (SSSR count). The smallest absolute Gasteiger partial charge is 0.0757 e. The van der Waals surface area contributed by atoms with Crippen LogP contribution < -0.4 is 0 Å². The SMILES string of the molecule is CCC1(OCC2CCC(O[C@H]3CCCC(OC)(C4CC5CCC4O5)C3)(C3CC4CCC3O4)C2)CC2CC1C1C3CCC(C3)C21. The molecule has 4 aliphatic heterocycles. The van der Waals surface area contributed by atoms with Crippen LogP contribution in [-0.2, 0) is 23.7 Å². The number of methoxy groups -OCH3 is 1. The topological polar surface area (TPSA) is 46.2 Å². The lowest BCUT2D eigenvalue weighted by Crippen LogP contribution is -2.53. The lowest BCUT2D eigenvalue weighted by atomic mass is 9.65. The summed E-state index contributed by atoms with van der Waals surface area (Å²) in [6.45, 7) is 3.41. The van der Waals surface area contributed by atoms with Gasteiger partial charge in [-0.1, -0.05) is 6.92 Å². The van der Waals surface area contributed by atoms with Gasteiger partial charge in [0.2, 0.25) is 0 Å². The quantitative estimate of drug-likeness (QED) is 0.249. The van der Waals surface area contributed by atoms with E-state index in [1.165, 1.54) is 109 Å². The summed E-state index contributed by atoms with van der Waals surface area (Å²) in [6.07, 6.45) is 26.4. The molecule has 0 aromatic rings. The van der Waals surface area contributed by atoms with Crippen molar-refractivity contribution < 1.29 is 23.7 Å². The number of hydrogen-bond acceptors (Lipinski definition) is 5. The molecule has 17 atom stereocenters. The third kappa shape index (κ3) is 4.13. The lowest BCUT2D eigenvalue weighted by Gasteiger charge is -2.49. The molecule has 16 unspecified atom stereocenters. The molecule has 5 nitrogen and oxygen atoms in total. The van der Waals surface area contributed by atoms with Gasteiger partial charge in [0.1, 0.15) is 0 Å². The molecule has 4 saturated heterocycles. The third-order valence-electron chi connectivity index (χ3n) is 16.8. The molecule has 0 aromatic heterocycles. The minimum atomic E-state index is -0.0664. The highest BCUT2D eigenvalue weighted by atomic mass is 16.5. The molecule has 0 radical (unpaired) electrons. The van der Waals surface area contributed by atoms with E-state index >= 15 is 0 Å². The van der Waals surface area contributed by atoms with Crippen LogP contribution in [0.25, 0.3) is 0 Å². The number of rotatable bonds is 9. The van der Waals surface area contributed by atoms with Crippen LogP contribution in [0.1, 0.15) is 129 Å². The second-order valence-electron chi connectivity index (χ2n) is 18.2. The van der Waals surface area contributed by atoms with E-state index in [9.17, 15) is 0 Å². The highest BCUT2D eigenvalue weighted by Gasteiger charge is 2.67. The number of ether oxygens (including phenoxy) is 5. The van der Waals surface area contributed by atoms with Crippen molar-refractivity contribution in [2.24, 2.45) is 53.3 Å². The van der Waals surface area contributed by atoms with Crippen molar-refractivity contribution in [1.82, 2.24) is 0 Å². The van der Waals surface area contributed by atoms with Crippen LogP contribution in [0.15, 0.2) is 0 Å². The minimum Gasteiger partial charge on any atom is -0.378 e. The van der Waals surface area contributed by atoms with Gasteiger partial charge in [0.25, 0.3) is 0 Å². The van der Waals surface area contributed by atoms with E-state index < -0.39 is 0 Å². The predicted molar refractivity (Wildman–Crippen MR) is 168 cm³/mol. The normalized spacial score (nSPS) is 59.9. The summed E-state index contributed by atoms with van der Waals surface area (Å²) in [5, 5.41) is 0. The van der Waals surface area contributed by atoms with E-state index in [2.05, 4.69) is 6.92 Å². The van der Waals surface area contributed by atoms with Crippen LogP contribution in [-0.4, -0.2) is 61.0 Å². The Kier molecular flexibility index (Phi) is 6.80. The third-order valence-corrected chi connectivity index (χ3v) is 16.8. The second kappa shape index (κ2) is 10.4. The van der Waals surface area contributed by atoms with Crippen LogP contribution >= 0.6 is 0 Å². The first-order valence-electron chi connectivity index (χ1n) is 19.7. The fourth-order valence-electron chi connectivity index (χ4n) is 15.2. The van der Waals surface area contributed by atoms with Gasteiger partial charge in [-0.3, -0.25) is 0 Å². The second-order valence-corrected chi connectivity index (χ2v) is 18.2. The van der Waals surface area contributed by atoms with Gasteiger partial charge in [-0.2, -0.15) is 0 Å². The highest BCUT2D eigenvalue weighted by molar-refractivity contribution is 5.16. The average Bonchev–Trinajstić information content (AvgIpc) is 3.91. The van der Waals surface area contributed by atoms with Crippen LogP contribution in [0.3, 0.4) is 0 Å². The molecular weight excluding hydrogens is 548 g/mol. The van der Waals surface area contributed by atoms with Crippen LogP contribution in [0.2, 0.25) is 0 Å². The highest BCUT2D eigenvalue weighted by Crippen LogP contribution is 2.71. The molecular formula is C39H60O5. The summed E-state index contributed by atoms with van der Waals surface area (Å²) >= 11 is 0. The first-order valence-corrected chi connectivity index (χ1v) is 19.7. The van der Waals surface area contributed by atoms with Gasteiger partial charge in [0, 0.05) is 25.4 Å². The number of hydrogen-bond donors (Lipinski definition) is 0. The summed E-state index contributed by atoms with van der Waals surface area (Å²) in [6, 6.07) is 0. The Labute approximate surface area is 266 Å². The summed E-state index contributed by atoms with van der Waals surface area (Å²) in [4.78, 5) is 0. The van der Waals surface area contributed by atoms with Crippen LogP contribution in [0, 0.1) is 53.3 Å². The maximum absolute atomic E-state index is 7.61. The van der Waals surface area contributed by atoms with Crippen molar-refractivity contribution in [3.05, 3.63) is 0 Å². The van der Waals surface area contributed by atoms with Gasteiger partial charge < -0.3 is 23.7 Å². The van der Waals surface area contributed by atoms with E-state index in [4.69, 9.17) is 23.7 Å². The summed E-state index contributed by atoms with van der Waals surface area (Å²) in [7, 11) is 1.98. The van der Waals surface area contributed by atoms with Crippen molar-refractivity contribution in [3.63, 3.8) is 0 Å². The summed E-state index contributed by atoms with van der Waals surface area (Å²) in [5.74, 6) is 7.70. The van der Waals surface area contributed by atoms with Crippen molar-refractivity contribution in [1.29, 1.82) is 0 Å². The zero-order valence-electron chi connectivity index (χ0n) is 27.8. The van der Waals surface area contributed by atoms with E-state index in [1.54, 1.807) is 6.42 Å². The molecule has 4 heterocycles. The largest absolute Gasteiger partial charge is 0.378 e. The Morgan fingerprint density at radius 1 is 0.659 bits per heavy atom. The standard InChI is InChI=1S/C39H60O5/c1-3-37(20-26-16-32(37)36-25-7-6-24(15-25)35(26)36)41-22-23-12-14-39(19-23,31-18-28-9-11-34(31)43-28)44-29-5-4-13-38(21-29,40-2)30-17-27-8-10-33(30)42-27/h23-36H,3-22H2,1-2H3/t23?,24?,25?,26?,27?,28?,29-,30?,31?,32?,33?,34?,35?,36?,37?,38?,39?/m0/s1. The van der Waals surface area contributed by atoms with E-state index in [1.807, 2.05) is 7.11 Å². The van der Waals surface area contributed by atoms with Gasteiger partial charge in [-0.25, -0.2) is 0 Å². The van der Waals surface area contributed by atoms with Crippen molar-refractivity contribution in [3.8, 4) is 0 Å². The maximum Gasteiger partial charge on any atom is 0.0757 e. The Morgan fingerprint density at radius 2 is 1.41 bits per heavy atom. The van der Waals surface area contributed by atoms with Gasteiger partial charge in [0.05, 0.1) is 53.9 Å². The first kappa shape index (κ1) is 28.8. The lowest BCUT2D eigenvalue weighted by molar-refractivity contribution is -0.190. The molecule has 8 bridgehead atoms. The molecule has 10 aliphatic rings. The van der Waals surface area contributed by atoms with Crippen molar-refractivity contribution >= 4 is 0 Å². The van der Waals surface area contributed by atoms with Crippen LogP contribution in [0.4, 0.5) is 0 Å². The molecule has 0 aromatic carbocycles. The Morgan fingerprint density at radius 3 is 2.09 bits per heavy atom. The molecule has 246 valence electrons. The summed E-state index contributed by atoms with van der Waals surface area (Å²) < 4.78 is 34.4. The fraction of sp³-hybridized carbons (Fsp3) is 1.00. The van der Waals surface area contributed by atoms with E-state index in [-0.39, 0.29) is 16.8 Å². The first-order chi connectivity index (χ1) is 21.5. The fourth-order valence-corrected chi connectivity index (χ4v) is 15.2. The van der Waals surface area contributed by atoms with Crippen molar-refractivity contribution in [2.45, 2.75) is 176 Å². The molecule has 44 heavy (non-hydrogen) atoms. The molecule has 5 heteroatoms. The minimum absolute atomic E-state index is 0.0374. The van der Waals surface area contributed by atoms with Crippen molar-refractivity contribution in [2.75, 3.05) is 13.7 Å². The molecule has 6 aliphatic carbocycles. The maximum atomic E-state index is 7.61. The zero-order valence-corrected chi connectivity index (χ0v) is 27.8.